The summed E-state index contributed by atoms with van der Waals surface area (Å²) < 4.78 is 1.77. The molecule has 0 aromatic carbocycles. The highest BCUT2D eigenvalue weighted by atomic mass is 35.5. The summed E-state index contributed by atoms with van der Waals surface area (Å²) in [6.45, 7) is 4.38. The van der Waals surface area contributed by atoms with E-state index >= 15 is 0 Å². The maximum absolute atomic E-state index is 12.4. The molecule has 1 N–H and O–H groups in total. The fraction of sp³-hybridized carbons (Fsp3) is 0.692. The molecule has 1 amide bonds. The van der Waals surface area contributed by atoms with Crippen LogP contribution in [0.15, 0.2) is 12.4 Å². The molecule has 116 valence electrons. The van der Waals surface area contributed by atoms with Gasteiger partial charge in [0.05, 0.1) is 12.2 Å². The van der Waals surface area contributed by atoms with Gasteiger partial charge in [0.1, 0.15) is 0 Å². The van der Waals surface area contributed by atoms with Gasteiger partial charge in [-0.15, -0.1) is 24.8 Å². The molecule has 1 aromatic heterocycles. The predicted octanol–water partition coefficient (Wildman–Crippen LogP) is 1.75. The van der Waals surface area contributed by atoms with Gasteiger partial charge in [0.2, 0.25) is 5.91 Å². The number of amides is 1. The van der Waals surface area contributed by atoms with Gasteiger partial charge in [-0.3, -0.25) is 9.48 Å². The molecule has 1 aliphatic heterocycles. The minimum Gasteiger partial charge on any atom is -0.337 e. The zero-order chi connectivity index (χ0) is 13.0. The molecule has 20 heavy (non-hydrogen) atoms. The van der Waals surface area contributed by atoms with E-state index < -0.39 is 0 Å². The van der Waals surface area contributed by atoms with Crippen LogP contribution in [0.4, 0.5) is 0 Å². The Bertz CT molecular complexity index is 405. The number of piperidine rings is 1. The van der Waals surface area contributed by atoms with Crippen LogP contribution in [0.2, 0.25) is 0 Å². The molecule has 0 saturated carbocycles. The summed E-state index contributed by atoms with van der Waals surface area (Å²) in [6, 6.07) is 0.00960. The Morgan fingerprint density at radius 1 is 1.50 bits per heavy atom. The molecule has 2 rings (SSSR count). The second-order valence-corrected chi connectivity index (χ2v) is 4.88. The molecule has 1 aromatic rings. The van der Waals surface area contributed by atoms with E-state index in [0.717, 1.165) is 31.5 Å². The lowest BCUT2D eigenvalue weighted by molar-refractivity contribution is -0.134. The SMILES string of the molecule is CCN(Cc1cnn(C)c1)C(=O)[C@H]1CCCCN1.Cl.Cl. The smallest absolute Gasteiger partial charge is 0.239 e. The predicted molar refractivity (Wildman–Crippen MR) is 84.4 cm³/mol. The van der Waals surface area contributed by atoms with Crippen molar-refractivity contribution in [2.75, 3.05) is 13.1 Å². The highest BCUT2D eigenvalue weighted by molar-refractivity contribution is 5.85. The average Bonchev–Trinajstić information content (AvgIpc) is 2.82. The Morgan fingerprint density at radius 2 is 2.25 bits per heavy atom. The summed E-state index contributed by atoms with van der Waals surface area (Å²) in [5.41, 5.74) is 1.09. The van der Waals surface area contributed by atoms with Crippen LogP contribution in [-0.2, 0) is 18.4 Å². The highest BCUT2D eigenvalue weighted by Crippen LogP contribution is 2.12. The van der Waals surface area contributed by atoms with Gasteiger partial charge in [0.25, 0.3) is 0 Å². The fourth-order valence-electron chi connectivity index (χ4n) is 2.40. The third kappa shape index (κ3) is 4.96. The maximum atomic E-state index is 12.4. The zero-order valence-electron chi connectivity index (χ0n) is 12.0. The van der Waals surface area contributed by atoms with Crippen LogP contribution in [0, 0.1) is 0 Å². The van der Waals surface area contributed by atoms with E-state index in [-0.39, 0.29) is 36.8 Å². The third-order valence-corrected chi connectivity index (χ3v) is 3.43. The Kier molecular flexibility index (Phi) is 8.85. The van der Waals surface area contributed by atoms with Crippen molar-refractivity contribution < 1.29 is 4.79 Å². The number of carbonyl (C=O) groups is 1. The van der Waals surface area contributed by atoms with Crippen molar-refractivity contribution in [2.45, 2.75) is 38.8 Å². The van der Waals surface area contributed by atoms with Crippen LogP contribution in [0.3, 0.4) is 0 Å². The van der Waals surface area contributed by atoms with Crippen LogP contribution in [0.1, 0.15) is 31.7 Å². The quantitative estimate of drug-likeness (QED) is 0.918. The average molecular weight is 323 g/mol. The Hall–Kier alpha value is -0.780. The maximum Gasteiger partial charge on any atom is 0.239 e. The number of aromatic nitrogens is 2. The number of hydrogen-bond donors (Lipinski definition) is 1. The minimum absolute atomic E-state index is 0. The Labute approximate surface area is 132 Å². The van der Waals surface area contributed by atoms with Crippen molar-refractivity contribution in [1.29, 1.82) is 0 Å². The van der Waals surface area contributed by atoms with Gasteiger partial charge in [-0.25, -0.2) is 0 Å². The topological polar surface area (TPSA) is 50.2 Å². The second-order valence-electron chi connectivity index (χ2n) is 4.88. The number of rotatable bonds is 4. The molecule has 1 aliphatic rings. The van der Waals surface area contributed by atoms with Gasteiger partial charge in [-0.2, -0.15) is 5.10 Å². The second kappa shape index (κ2) is 9.21. The van der Waals surface area contributed by atoms with Crippen LogP contribution >= 0.6 is 24.8 Å². The molecular weight excluding hydrogens is 299 g/mol. The van der Waals surface area contributed by atoms with E-state index in [9.17, 15) is 4.79 Å². The number of likely N-dealkylation sites (N-methyl/N-ethyl adjacent to an activating group) is 1. The molecule has 1 fully saturated rings. The number of hydrogen-bond acceptors (Lipinski definition) is 3. The zero-order valence-corrected chi connectivity index (χ0v) is 13.7. The Morgan fingerprint density at radius 3 is 2.75 bits per heavy atom. The number of carbonyl (C=O) groups excluding carboxylic acids is 1. The summed E-state index contributed by atoms with van der Waals surface area (Å²) >= 11 is 0. The van der Waals surface area contributed by atoms with E-state index in [4.69, 9.17) is 0 Å². The highest BCUT2D eigenvalue weighted by Gasteiger charge is 2.24. The lowest BCUT2D eigenvalue weighted by Gasteiger charge is -2.29. The van der Waals surface area contributed by atoms with Crippen LogP contribution in [-0.4, -0.2) is 39.7 Å². The van der Waals surface area contributed by atoms with E-state index in [0.29, 0.717) is 6.54 Å². The molecule has 0 radical (unpaired) electrons. The van der Waals surface area contributed by atoms with Gasteiger partial charge < -0.3 is 10.2 Å². The largest absolute Gasteiger partial charge is 0.337 e. The lowest BCUT2D eigenvalue weighted by atomic mass is 10.0. The summed E-state index contributed by atoms with van der Waals surface area (Å²) in [6.07, 6.45) is 7.07. The van der Waals surface area contributed by atoms with Crippen molar-refractivity contribution in [3.05, 3.63) is 18.0 Å². The van der Waals surface area contributed by atoms with E-state index in [1.54, 1.807) is 4.68 Å². The van der Waals surface area contributed by atoms with E-state index in [1.807, 2.05) is 31.3 Å². The summed E-state index contributed by atoms with van der Waals surface area (Å²) in [4.78, 5) is 14.3. The summed E-state index contributed by atoms with van der Waals surface area (Å²) in [5, 5.41) is 7.45. The first kappa shape index (κ1) is 19.2. The molecule has 0 spiro atoms. The van der Waals surface area contributed by atoms with E-state index in [1.165, 1.54) is 6.42 Å². The number of aryl methyl sites for hydroxylation is 1. The van der Waals surface area contributed by atoms with Crippen molar-refractivity contribution >= 4 is 30.7 Å². The fourth-order valence-corrected chi connectivity index (χ4v) is 2.40. The van der Waals surface area contributed by atoms with Crippen LogP contribution in [0.5, 0.6) is 0 Å². The van der Waals surface area contributed by atoms with Crippen molar-refractivity contribution in [1.82, 2.24) is 20.0 Å². The molecule has 1 saturated heterocycles. The van der Waals surface area contributed by atoms with E-state index in [2.05, 4.69) is 10.4 Å². The lowest BCUT2D eigenvalue weighted by Crippen LogP contribution is -2.48. The number of halogens is 2. The molecule has 1 atom stereocenters. The van der Waals surface area contributed by atoms with Crippen molar-refractivity contribution in [2.24, 2.45) is 7.05 Å². The van der Waals surface area contributed by atoms with Crippen LogP contribution < -0.4 is 5.32 Å². The summed E-state index contributed by atoms with van der Waals surface area (Å²) in [7, 11) is 1.89. The van der Waals surface area contributed by atoms with Gasteiger partial charge >= 0.3 is 0 Å². The molecule has 0 unspecified atom stereocenters. The molecule has 7 heteroatoms. The molecule has 0 bridgehead atoms. The first-order chi connectivity index (χ1) is 8.70. The van der Waals surface area contributed by atoms with Gasteiger partial charge in [0.15, 0.2) is 0 Å². The van der Waals surface area contributed by atoms with Gasteiger partial charge in [-0.1, -0.05) is 6.42 Å². The first-order valence-electron chi connectivity index (χ1n) is 6.70. The minimum atomic E-state index is 0. The standard InChI is InChI=1S/C13H22N4O.2ClH/c1-3-17(10-11-8-15-16(2)9-11)13(18)12-6-4-5-7-14-12;;/h8-9,12,14H,3-7,10H2,1-2H3;2*1H/t12-;;/m1../s1. The van der Waals surface area contributed by atoms with Gasteiger partial charge in [-0.05, 0) is 26.3 Å². The molecular formula is C13H24Cl2N4O. The summed E-state index contributed by atoms with van der Waals surface area (Å²) in [5.74, 6) is 0.223. The van der Waals surface area contributed by atoms with Crippen molar-refractivity contribution in [3.63, 3.8) is 0 Å². The number of nitrogens with zero attached hydrogens (tertiary/aromatic N) is 3. The normalized spacial score (nSPS) is 17.8. The molecule has 5 nitrogen and oxygen atoms in total. The molecule has 0 aliphatic carbocycles. The van der Waals surface area contributed by atoms with Gasteiger partial charge in [0, 0.05) is 31.9 Å². The number of nitrogens with one attached hydrogen (secondary N) is 1. The van der Waals surface area contributed by atoms with Crippen LogP contribution in [0.25, 0.3) is 0 Å². The Balaban J connectivity index is 0.00000180. The van der Waals surface area contributed by atoms with Crippen molar-refractivity contribution in [3.8, 4) is 0 Å². The monoisotopic (exact) mass is 322 g/mol. The first-order valence-corrected chi connectivity index (χ1v) is 6.70. The molecule has 2 heterocycles. The third-order valence-electron chi connectivity index (χ3n) is 3.43.